The first kappa shape index (κ1) is 20.8. The molecule has 0 bridgehead atoms. The van der Waals surface area contributed by atoms with Crippen molar-refractivity contribution >= 4 is 37.7 Å². The summed E-state index contributed by atoms with van der Waals surface area (Å²) in [5.41, 5.74) is 3.13. The molecule has 0 fully saturated rings. The number of anilines is 1. The summed E-state index contributed by atoms with van der Waals surface area (Å²) in [6, 6.07) is 14.2. The van der Waals surface area contributed by atoms with E-state index in [9.17, 15) is 13.2 Å². The number of sulfonamides is 1. The third-order valence-corrected chi connectivity index (χ3v) is 7.90. The van der Waals surface area contributed by atoms with E-state index in [0.717, 1.165) is 40.5 Å². The molecule has 1 heterocycles. The summed E-state index contributed by atoms with van der Waals surface area (Å²) in [7, 11) is -0.788. The van der Waals surface area contributed by atoms with Crippen molar-refractivity contribution in [2.45, 2.75) is 24.2 Å². The number of fused-ring (bicyclic) bond motifs is 1. The van der Waals surface area contributed by atoms with Crippen molar-refractivity contribution in [1.82, 2.24) is 14.1 Å². The maximum atomic E-state index is 13.1. The Morgan fingerprint density at radius 1 is 1.13 bits per heavy atom. The van der Waals surface area contributed by atoms with Gasteiger partial charge < -0.3 is 5.32 Å². The van der Waals surface area contributed by atoms with Gasteiger partial charge in [-0.2, -0.15) is 5.10 Å². The zero-order valence-corrected chi connectivity index (χ0v) is 19.0. The van der Waals surface area contributed by atoms with E-state index in [1.54, 1.807) is 16.8 Å². The lowest BCUT2D eigenvalue weighted by molar-refractivity contribution is 0.102. The number of nitrogens with one attached hydrogen (secondary N) is 1. The Bertz CT molecular complexity index is 1220. The Morgan fingerprint density at radius 3 is 2.57 bits per heavy atom. The first-order chi connectivity index (χ1) is 14.3. The largest absolute Gasteiger partial charge is 0.306 e. The molecule has 1 aliphatic rings. The maximum Gasteiger partial charge on any atom is 0.256 e. The molecule has 4 rings (SSSR count). The van der Waals surface area contributed by atoms with Gasteiger partial charge >= 0.3 is 0 Å². The molecule has 0 unspecified atom stereocenters. The van der Waals surface area contributed by atoms with E-state index in [0.29, 0.717) is 10.3 Å². The Hall–Kier alpha value is -2.49. The highest BCUT2D eigenvalue weighted by Crippen LogP contribution is 2.32. The summed E-state index contributed by atoms with van der Waals surface area (Å²) in [4.78, 5) is 13.1. The highest BCUT2D eigenvalue weighted by molar-refractivity contribution is 9.10. The lowest BCUT2D eigenvalue weighted by Crippen LogP contribution is -2.23. The number of aryl methyl sites for hydroxylation is 1. The third kappa shape index (κ3) is 3.68. The Kier molecular flexibility index (Phi) is 5.52. The summed E-state index contributed by atoms with van der Waals surface area (Å²) in [5.74, 6) is 0.253. The molecule has 2 aromatic carbocycles. The molecule has 0 saturated carbocycles. The minimum absolute atomic E-state index is 0.0435. The number of para-hydroxylation sites is 1. The van der Waals surface area contributed by atoms with Gasteiger partial charge in [-0.3, -0.25) is 4.79 Å². The SMILES string of the molecule is CN(C)S(=O)(=O)c1cc(C(=O)Nc2c3c(nn2-c2ccccc2)CCC3)ccc1Br. The van der Waals surface area contributed by atoms with E-state index in [1.807, 2.05) is 30.3 Å². The van der Waals surface area contributed by atoms with Gasteiger partial charge in [0.05, 0.1) is 16.3 Å². The normalized spacial score (nSPS) is 13.5. The van der Waals surface area contributed by atoms with Crippen LogP contribution in [0.3, 0.4) is 0 Å². The number of amides is 1. The van der Waals surface area contributed by atoms with Crippen LogP contribution in [0.2, 0.25) is 0 Å². The average molecular weight is 489 g/mol. The number of hydrogen-bond donors (Lipinski definition) is 1. The number of hydrogen-bond acceptors (Lipinski definition) is 4. The third-order valence-electron chi connectivity index (χ3n) is 5.09. The smallest absolute Gasteiger partial charge is 0.256 e. The number of carbonyl (C=O) groups is 1. The first-order valence-electron chi connectivity index (χ1n) is 9.48. The van der Waals surface area contributed by atoms with Crippen LogP contribution < -0.4 is 5.32 Å². The van der Waals surface area contributed by atoms with Gasteiger partial charge in [-0.15, -0.1) is 0 Å². The fourth-order valence-corrected chi connectivity index (χ4v) is 5.34. The van der Waals surface area contributed by atoms with Gasteiger partial charge in [-0.05, 0) is 65.5 Å². The van der Waals surface area contributed by atoms with Crippen molar-refractivity contribution < 1.29 is 13.2 Å². The second-order valence-electron chi connectivity index (χ2n) is 7.26. The quantitative estimate of drug-likeness (QED) is 0.594. The number of nitrogens with zero attached hydrogens (tertiary/aromatic N) is 3. The van der Waals surface area contributed by atoms with Crippen molar-refractivity contribution in [3.05, 3.63) is 69.8 Å². The molecule has 1 aliphatic carbocycles. The molecule has 156 valence electrons. The van der Waals surface area contributed by atoms with Crippen molar-refractivity contribution in [1.29, 1.82) is 0 Å². The Labute approximate surface area is 183 Å². The molecule has 0 atom stereocenters. The van der Waals surface area contributed by atoms with Gasteiger partial charge in [0, 0.05) is 29.7 Å². The van der Waals surface area contributed by atoms with Crippen molar-refractivity contribution in [2.24, 2.45) is 0 Å². The fourth-order valence-electron chi connectivity index (χ4n) is 3.49. The predicted molar refractivity (Wildman–Crippen MR) is 119 cm³/mol. The standard InChI is InChI=1S/C21H21BrN4O3S/c1-25(2)30(28,29)19-13-14(11-12-17(19)22)21(27)23-20-16-9-6-10-18(16)24-26(20)15-7-4-3-5-8-15/h3-5,7-8,11-13H,6,9-10H2,1-2H3,(H,23,27). The molecule has 3 aromatic rings. The van der Waals surface area contributed by atoms with Crippen LogP contribution in [-0.4, -0.2) is 42.5 Å². The van der Waals surface area contributed by atoms with E-state index in [-0.39, 0.29) is 16.4 Å². The number of benzene rings is 2. The fraction of sp³-hybridized carbons (Fsp3) is 0.238. The van der Waals surface area contributed by atoms with Crippen molar-refractivity contribution in [3.63, 3.8) is 0 Å². The zero-order valence-electron chi connectivity index (χ0n) is 16.6. The summed E-state index contributed by atoms with van der Waals surface area (Å²) < 4.78 is 28.4. The lowest BCUT2D eigenvalue weighted by atomic mass is 10.2. The highest BCUT2D eigenvalue weighted by Gasteiger charge is 2.26. The number of rotatable bonds is 5. The summed E-state index contributed by atoms with van der Waals surface area (Å²) >= 11 is 3.28. The molecule has 0 radical (unpaired) electrons. The van der Waals surface area contributed by atoms with Crippen LogP contribution in [-0.2, 0) is 22.9 Å². The van der Waals surface area contributed by atoms with Crippen LogP contribution in [0.25, 0.3) is 5.69 Å². The number of aromatic nitrogens is 2. The molecule has 0 saturated heterocycles. The zero-order chi connectivity index (χ0) is 21.5. The van der Waals surface area contributed by atoms with E-state index in [4.69, 9.17) is 5.10 Å². The predicted octanol–water partition coefficient (Wildman–Crippen LogP) is 3.63. The molecule has 30 heavy (non-hydrogen) atoms. The minimum atomic E-state index is -3.70. The monoisotopic (exact) mass is 488 g/mol. The van der Waals surface area contributed by atoms with Crippen molar-refractivity contribution in [3.8, 4) is 5.69 Å². The molecule has 0 spiro atoms. The van der Waals surface area contributed by atoms with Gasteiger partial charge in [0.2, 0.25) is 10.0 Å². The molecular formula is C21H21BrN4O3S. The van der Waals surface area contributed by atoms with Gasteiger partial charge in [-0.25, -0.2) is 17.4 Å². The van der Waals surface area contributed by atoms with Crippen LogP contribution in [0, 0.1) is 0 Å². The first-order valence-corrected chi connectivity index (χ1v) is 11.7. The molecule has 9 heteroatoms. The number of halogens is 1. The Morgan fingerprint density at radius 2 is 1.87 bits per heavy atom. The van der Waals surface area contributed by atoms with Crippen LogP contribution in [0.5, 0.6) is 0 Å². The lowest BCUT2D eigenvalue weighted by Gasteiger charge is -2.15. The molecule has 1 amide bonds. The summed E-state index contributed by atoms with van der Waals surface area (Å²) in [6.45, 7) is 0. The van der Waals surface area contributed by atoms with E-state index >= 15 is 0 Å². The van der Waals surface area contributed by atoms with Gasteiger partial charge in [-0.1, -0.05) is 18.2 Å². The van der Waals surface area contributed by atoms with Gasteiger partial charge in [0.1, 0.15) is 5.82 Å². The van der Waals surface area contributed by atoms with Crippen LogP contribution in [0.4, 0.5) is 5.82 Å². The van der Waals surface area contributed by atoms with Crippen LogP contribution in [0.15, 0.2) is 57.9 Å². The Balaban J connectivity index is 1.72. The molecule has 0 aliphatic heterocycles. The summed E-state index contributed by atoms with van der Waals surface area (Å²) in [6.07, 6.45) is 2.72. The molecular weight excluding hydrogens is 468 g/mol. The van der Waals surface area contributed by atoms with E-state index < -0.39 is 10.0 Å². The van der Waals surface area contributed by atoms with Crippen LogP contribution >= 0.6 is 15.9 Å². The van der Waals surface area contributed by atoms with E-state index in [2.05, 4.69) is 21.2 Å². The minimum Gasteiger partial charge on any atom is -0.306 e. The summed E-state index contributed by atoms with van der Waals surface area (Å²) in [5, 5.41) is 7.66. The van der Waals surface area contributed by atoms with Crippen LogP contribution in [0.1, 0.15) is 28.0 Å². The number of carbonyl (C=O) groups excluding carboxylic acids is 1. The van der Waals surface area contributed by atoms with Crippen molar-refractivity contribution in [2.75, 3.05) is 19.4 Å². The maximum absolute atomic E-state index is 13.1. The van der Waals surface area contributed by atoms with E-state index in [1.165, 1.54) is 20.2 Å². The second kappa shape index (κ2) is 7.98. The molecule has 1 aromatic heterocycles. The molecule has 7 nitrogen and oxygen atoms in total. The average Bonchev–Trinajstić information content (AvgIpc) is 3.31. The molecule has 1 N–H and O–H groups in total. The highest BCUT2D eigenvalue weighted by atomic mass is 79.9. The second-order valence-corrected chi connectivity index (χ2v) is 10.2. The van der Waals surface area contributed by atoms with Gasteiger partial charge in [0.25, 0.3) is 5.91 Å². The van der Waals surface area contributed by atoms with Gasteiger partial charge in [0.15, 0.2) is 0 Å². The topological polar surface area (TPSA) is 84.3 Å².